The number of halogens is 1. The van der Waals surface area contributed by atoms with Gasteiger partial charge in [0.15, 0.2) is 5.69 Å². The predicted octanol–water partition coefficient (Wildman–Crippen LogP) is 1.44. The molecular formula is C18H20ClN7O2. The fourth-order valence-electron chi connectivity index (χ4n) is 3.24. The number of amides is 1. The molecule has 10 heteroatoms. The molecular weight excluding hydrogens is 382 g/mol. The lowest BCUT2D eigenvalue weighted by molar-refractivity contribution is 0.0947. The molecule has 0 unspecified atom stereocenters. The van der Waals surface area contributed by atoms with E-state index in [4.69, 9.17) is 11.6 Å². The van der Waals surface area contributed by atoms with Crippen molar-refractivity contribution in [1.82, 2.24) is 34.7 Å². The molecule has 0 radical (unpaired) electrons. The Labute approximate surface area is 165 Å². The van der Waals surface area contributed by atoms with Gasteiger partial charge in [-0.3, -0.25) is 9.36 Å². The number of carbonyl (C=O) groups is 1. The monoisotopic (exact) mass is 401 g/mol. The number of rotatable bonds is 6. The van der Waals surface area contributed by atoms with Crippen molar-refractivity contribution in [3.8, 4) is 5.69 Å². The molecule has 1 aliphatic heterocycles. The minimum absolute atomic E-state index is 0.0660. The van der Waals surface area contributed by atoms with Crippen molar-refractivity contribution in [2.45, 2.75) is 38.8 Å². The Balaban J connectivity index is 1.31. The molecule has 4 rings (SSSR count). The predicted molar refractivity (Wildman–Crippen MR) is 103 cm³/mol. The van der Waals surface area contributed by atoms with Crippen LogP contribution >= 0.6 is 11.6 Å². The summed E-state index contributed by atoms with van der Waals surface area (Å²) >= 11 is 6.13. The van der Waals surface area contributed by atoms with Crippen LogP contribution in [-0.4, -0.2) is 41.8 Å². The third-order valence-corrected chi connectivity index (χ3v) is 5.01. The van der Waals surface area contributed by atoms with Crippen LogP contribution in [0.5, 0.6) is 0 Å². The first-order chi connectivity index (χ1) is 13.6. The number of carbonyl (C=O) groups excluding carboxylic acids is 1. The fraction of sp³-hybridized carbons (Fsp3) is 0.389. The van der Waals surface area contributed by atoms with E-state index in [1.165, 1.54) is 15.6 Å². The maximum atomic E-state index is 12.3. The summed E-state index contributed by atoms with van der Waals surface area (Å²) in [5.74, 6) is 0.534. The van der Waals surface area contributed by atoms with E-state index >= 15 is 0 Å². The van der Waals surface area contributed by atoms with E-state index in [0.717, 1.165) is 31.6 Å². The second kappa shape index (κ2) is 7.97. The highest BCUT2D eigenvalue weighted by molar-refractivity contribution is 6.32. The molecule has 3 heterocycles. The van der Waals surface area contributed by atoms with Crippen LogP contribution < -0.4 is 11.0 Å². The summed E-state index contributed by atoms with van der Waals surface area (Å²) < 4.78 is 4.70. The molecule has 0 atom stereocenters. The molecule has 2 aromatic heterocycles. The number of hydrogen-bond donors (Lipinski definition) is 1. The van der Waals surface area contributed by atoms with Crippen LogP contribution in [0.2, 0.25) is 5.02 Å². The van der Waals surface area contributed by atoms with Crippen LogP contribution in [0.15, 0.2) is 35.3 Å². The molecule has 0 aliphatic carbocycles. The average Bonchev–Trinajstić information content (AvgIpc) is 3.31. The second-order valence-electron chi connectivity index (χ2n) is 6.64. The van der Waals surface area contributed by atoms with Crippen LogP contribution in [0.3, 0.4) is 0 Å². The van der Waals surface area contributed by atoms with Gasteiger partial charge in [0.1, 0.15) is 5.82 Å². The Bertz CT molecular complexity index is 1050. The number of para-hydroxylation sites is 1. The smallest absolute Gasteiger partial charge is 0.345 e. The number of benzene rings is 1. The molecule has 1 amide bonds. The first-order valence-electron chi connectivity index (χ1n) is 9.25. The van der Waals surface area contributed by atoms with E-state index in [9.17, 15) is 9.59 Å². The van der Waals surface area contributed by atoms with E-state index in [0.29, 0.717) is 30.2 Å². The van der Waals surface area contributed by atoms with E-state index in [-0.39, 0.29) is 17.3 Å². The second-order valence-corrected chi connectivity index (χ2v) is 7.05. The van der Waals surface area contributed by atoms with Crippen molar-refractivity contribution in [1.29, 1.82) is 0 Å². The van der Waals surface area contributed by atoms with Gasteiger partial charge in [0.05, 0.1) is 16.9 Å². The van der Waals surface area contributed by atoms with E-state index < -0.39 is 0 Å². The lowest BCUT2D eigenvalue weighted by Gasteiger charge is -2.09. The highest BCUT2D eigenvalue weighted by Gasteiger charge is 2.16. The quantitative estimate of drug-likeness (QED) is 0.630. The molecule has 0 fully saturated rings. The largest absolute Gasteiger partial charge is 0.351 e. The minimum Gasteiger partial charge on any atom is -0.351 e. The molecule has 0 saturated carbocycles. The van der Waals surface area contributed by atoms with Gasteiger partial charge in [0, 0.05) is 26.1 Å². The molecule has 0 spiro atoms. The van der Waals surface area contributed by atoms with Gasteiger partial charge in [0.2, 0.25) is 0 Å². The van der Waals surface area contributed by atoms with Gasteiger partial charge >= 0.3 is 5.69 Å². The SMILES string of the molecule is O=C(NCCCn1nc2n(c1=O)CCCC2)c1cn(-c2ccccc2Cl)nn1. The Hall–Kier alpha value is -2.94. The first kappa shape index (κ1) is 18.4. The number of nitrogens with zero attached hydrogens (tertiary/aromatic N) is 6. The van der Waals surface area contributed by atoms with Crippen LogP contribution in [0.4, 0.5) is 0 Å². The summed E-state index contributed by atoms with van der Waals surface area (Å²) in [4.78, 5) is 24.5. The van der Waals surface area contributed by atoms with Crippen LogP contribution in [0.1, 0.15) is 35.6 Å². The third-order valence-electron chi connectivity index (χ3n) is 4.69. The topological polar surface area (TPSA) is 99.6 Å². The van der Waals surface area contributed by atoms with Crippen molar-refractivity contribution >= 4 is 17.5 Å². The average molecular weight is 402 g/mol. The zero-order valence-electron chi connectivity index (χ0n) is 15.2. The van der Waals surface area contributed by atoms with E-state index in [2.05, 4.69) is 20.7 Å². The molecule has 1 N–H and O–H groups in total. The maximum Gasteiger partial charge on any atom is 0.345 e. The maximum absolute atomic E-state index is 12.3. The van der Waals surface area contributed by atoms with E-state index in [1.54, 1.807) is 16.7 Å². The Morgan fingerprint density at radius 1 is 1.25 bits per heavy atom. The number of fused-ring (bicyclic) bond motifs is 1. The van der Waals surface area contributed by atoms with Crippen molar-refractivity contribution in [3.63, 3.8) is 0 Å². The van der Waals surface area contributed by atoms with Crippen molar-refractivity contribution in [2.75, 3.05) is 6.54 Å². The first-order valence-corrected chi connectivity index (χ1v) is 9.63. The summed E-state index contributed by atoms with van der Waals surface area (Å²) in [6.45, 7) is 1.61. The van der Waals surface area contributed by atoms with Gasteiger partial charge in [-0.05, 0) is 31.4 Å². The van der Waals surface area contributed by atoms with E-state index in [1.807, 2.05) is 12.1 Å². The minimum atomic E-state index is -0.324. The molecule has 9 nitrogen and oxygen atoms in total. The summed E-state index contributed by atoms with van der Waals surface area (Å²) in [5.41, 5.74) is 0.789. The molecule has 146 valence electrons. The zero-order chi connectivity index (χ0) is 19.5. The summed E-state index contributed by atoms with van der Waals surface area (Å²) in [5, 5.41) is 15.6. The molecule has 1 aromatic carbocycles. The van der Waals surface area contributed by atoms with Gasteiger partial charge in [-0.1, -0.05) is 28.9 Å². The molecule has 3 aromatic rings. The number of aromatic nitrogens is 6. The number of nitrogens with one attached hydrogen (secondary N) is 1. The summed E-state index contributed by atoms with van der Waals surface area (Å²) in [6, 6.07) is 7.19. The fourth-order valence-corrected chi connectivity index (χ4v) is 3.46. The Morgan fingerprint density at radius 2 is 2.11 bits per heavy atom. The zero-order valence-corrected chi connectivity index (χ0v) is 16.0. The third kappa shape index (κ3) is 3.70. The van der Waals surface area contributed by atoms with Crippen LogP contribution in [0, 0.1) is 0 Å². The summed E-state index contributed by atoms with van der Waals surface area (Å²) in [6.07, 6.45) is 5.07. The normalized spacial score (nSPS) is 13.3. The lowest BCUT2D eigenvalue weighted by Crippen LogP contribution is -2.29. The van der Waals surface area contributed by atoms with Gasteiger partial charge < -0.3 is 5.32 Å². The number of aryl methyl sites for hydroxylation is 2. The van der Waals surface area contributed by atoms with Crippen LogP contribution in [-0.2, 0) is 19.5 Å². The molecule has 0 bridgehead atoms. The lowest BCUT2D eigenvalue weighted by atomic mass is 10.2. The highest BCUT2D eigenvalue weighted by Crippen LogP contribution is 2.18. The van der Waals surface area contributed by atoms with Gasteiger partial charge in [-0.25, -0.2) is 14.2 Å². The highest BCUT2D eigenvalue weighted by atomic mass is 35.5. The van der Waals surface area contributed by atoms with Gasteiger partial charge in [0.25, 0.3) is 5.91 Å². The molecule has 1 aliphatic rings. The molecule has 0 saturated heterocycles. The Morgan fingerprint density at radius 3 is 2.93 bits per heavy atom. The van der Waals surface area contributed by atoms with Crippen molar-refractivity contribution in [3.05, 3.63) is 57.5 Å². The Kier molecular flexibility index (Phi) is 5.25. The van der Waals surface area contributed by atoms with Crippen molar-refractivity contribution in [2.24, 2.45) is 0 Å². The summed E-state index contributed by atoms with van der Waals surface area (Å²) in [7, 11) is 0. The number of hydrogen-bond acceptors (Lipinski definition) is 5. The van der Waals surface area contributed by atoms with Gasteiger partial charge in [-0.2, -0.15) is 5.10 Å². The van der Waals surface area contributed by atoms with Gasteiger partial charge in [-0.15, -0.1) is 5.10 Å². The van der Waals surface area contributed by atoms with Crippen molar-refractivity contribution < 1.29 is 4.79 Å². The molecule has 28 heavy (non-hydrogen) atoms. The van der Waals surface area contributed by atoms with Crippen LogP contribution in [0.25, 0.3) is 5.69 Å². The standard InChI is InChI=1S/C18H20ClN7O2/c19-13-6-1-2-7-15(13)26-12-14(21-23-26)17(27)20-9-5-11-25-18(28)24-10-4-3-8-16(24)22-25/h1-2,6-7,12H,3-5,8-11H2,(H,20,27).